The number of hydrogen-bond donors (Lipinski definition) is 2. The summed E-state index contributed by atoms with van der Waals surface area (Å²) in [5.74, 6) is 0. The average Bonchev–Trinajstić information content (AvgIpc) is 2.00. The molecule has 0 aliphatic heterocycles. The van der Waals surface area contributed by atoms with E-state index in [1.54, 1.807) is 0 Å². The zero-order chi connectivity index (χ0) is 9.40. The molecule has 72 valence electrons. The van der Waals surface area contributed by atoms with Gasteiger partial charge in [0.15, 0.2) is 0 Å². The molecule has 0 aliphatic rings. The molecule has 0 saturated heterocycles. The molecule has 0 aliphatic carbocycles. The van der Waals surface area contributed by atoms with Crippen molar-refractivity contribution in [3.05, 3.63) is 0 Å². The molecule has 12 heavy (non-hydrogen) atoms. The number of nitrogens with two attached hydrogens (primary N) is 1. The van der Waals surface area contributed by atoms with Crippen LogP contribution in [0.5, 0.6) is 0 Å². The average molecular weight is 177 g/mol. The maximum atomic E-state index is 12.0. The first-order chi connectivity index (χ1) is 5.70. The predicted molar refractivity (Wildman–Crippen MR) is 47.2 cm³/mol. The second-order valence-corrected chi connectivity index (χ2v) is 2.77. The smallest absolute Gasteiger partial charge is 0.398 e. The minimum Gasteiger partial charge on any atom is -0.398 e. The molecule has 0 aromatic rings. The van der Waals surface area contributed by atoms with Gasteiger partial charge in [0.05, 0.1) is 0 Å². The lowest BCUT2D eigenvalue weighted by atomic mass is 10.1. The Morgan fingerprint density at radius 3 is 2.67 bits per heavy atom. The van der Waals surface area contributed by atoms with E-state index in [0.29, 0.717) is 13.0 Å². The molecular formula is C7H17BFNO2. The quantitative estimate of drug-likeness (QED) is 0.567. The molecule has 0 spiro atoms. The van der Waals surface area contributed by atoms with Crippen molar-refractivity contribution in [2.24, 2.45) is 5.73 Å². The van der Waals surface area contributed by atoms with Gasteiger partial charge in [-0.25, -0.2) is 0 Å². The van der Waals surface area contributed by atoms with E-state index in [9.17, 15) is 4.32 Å². The summed E-state index contributed by atoms with van der Waals surface area (Å²) in [6, 6.07) is 0. The lowest BCUT2D eigenvalue weighted by Crippen LogP contribution is -2.24. The van der Waals surface area contributed by atoms with Crippen LogP contribution < -0.4 is 5.73 Å². The van der Waals surface area contributed by atoms with Crippen molar-refractivity contribution in [2.75, 3.05) is 6.54 Å². The highest BCUT2D eigenvalue weighted by atomic mass is 19.1. The minimum atomic E-state index is -2.17. The van der Waals surface area contributed by atoms with Gasteiger partial charge in [0.25, 0.3) is 0 Å². The fraction of sp³-hybridized carbons (Fsp3) is 1.00. The Labute approximate surface area is 73.3 Å². The first-order valence-corrected chi connectivity index (χ1v) is 4.38. The van der Waals surface area contributed by atoms with E-state index in [1.807, 2.05) is 6.92 Å². The van der Waals surface area contributed by atoms with Gasteiger partial charge >= 0.3 is 7.40 Å². The highest BCUT2D eigenvalue weighted by Gasteiger charge is 2.18. The van der Waals surface area contributed by atoms with Crippen molar-refractivity contribution in [3.8, 4) is 0 Å². The first-order valence-electron chi connectivity index (χ1n) is 4.38. The molecule has 0 aromatic heterocycles. The largest absolute Gasteiger partial charge is 0.677 e. The van der Waals surface area contributed by atoms with Crippen LogP contribution in [0.25, 0.3) is 0 Å². The van der Waals surface area contributed by atoms with Crippen LogP contribution in [0, 0.1) is 0 Å². The Kier molecular flexibility index (Phi) is 7.44. The van der Waals surface area contributed by atoms with Gasteiger partial charge < -0.3 is 15.4 Å². The van der Waals surface area contributed by atoms with Gasteiger partial charge in [0, 0.05) is 6.10 Å². The van der Waals surface area contributed by atoms with Crippen LogP contribution in [0.1, 0.15) is 32.6 Å². The van der Waals surface area contributed by atoms with Gasteiger partial charge in [-0.3, -0.25) is 4.32 Å². The number of hydrogen-bond acceptors (Lipinski definition) is 3. The number of unbranched alkanes of at least 4 members (excludes halogenated alkanes) is 1. The minimum absolute atomic E-state index is 0.241. The van der Waals surface area contributed by atoms with Crippen LogP contribution in [-0.4, -0.2) is 25.1 Å². The Bertz CT molecular complexity index is 105. The SMILES string of the molecule is CCCCC(CCN)OB(O)F. The molecule has 0 bridgehead atoms. The monoisotopic (exact) mass is 177 g/mol. The van der Waals surface area contributed by atoms with Crippen molar-refractivity contribution >= 4 is 7.40 Å². The van der Waals surface area contributed by atoms with Gasteiger partial charge in [-0.05, 0) is 19.4 Å². The van der Waals surface area contributed by atoms with Gasteiger partial charge in [-0.15, -0.1) is 0 Å². The van der Waals surface area contributed by atoms with Crippen molar-refractivity contribution in [1.82, 2.24) is 0 Å². The molecule has 0 aromatic carbocycles. The van der Waals surface area contributed by atoms with Gasteiger partial charge in [0.1, 0.15) is 0 Å². The normalized spacial score (nSPS) is 13.0. The Morgan fingerprint density at radius 2 is 2.25 bits per heavy atom. The molecule has 0 rings (SSSR count). The maximum absolute atomic E-state index is 12.0. The molecule has 0 heterocycles. The third-order valence-electron chi connectivity index (χ3n) is 1.67. The molecule has 5 heteroatoms. The lowest BCUT2D eigenvalue weighted by Gasteiger charge is -2.15. The predicted octanol–water partition coefficient (Wildman–Crippen LogP) is 0.857. The summed E-state index contributed by atoms with van der Waals surface area (Å²) in [6.45, 7) is 2.51. The fourth-order valence-electron chi connectivity index (χ4n) is 1.06. The number of rotatable bonds is 7. The summed E-state index contributed by atoms with van der Waals surface area (Å²) in [6.07, 6.45) is 3.12. The van der Waals surface area contributed by atoms with Crippen molar-refractivity contribution in [1.29, 1.82) is 0 Å². The van der Waals surface area contributed by atoms with E-state index in [-0.39, 0.29) is 6.10 Å². The maximum Gasteiger partial charge on any atom is 0.677 e. The molecular weight excluding hydrogens is 160 g/mol. The standard InChI is InChI=1S/C7H17BFNO2/c1-2-3-4-7(5-6-10)12-8(9)11/h7,11H,2-6,10H2,1H3. The second kappa shape index (κ2) is 7.52. The molecule has 1 unspecified atom stereocenters. The third-order valence-corrected chi connectivity index (χ3v) is 1.67. The lowest BCUT2D eigenvalue weighted by molar-refractivity contribution is 0.125. The highest BCUT2D eigenvalue weighted by Crippen LogP contribution is 2.09. The number of halogens is 1. The summed E-state index contributed by atoms with van der Waals surface area (Å²) in [7, 11) is -2.17. The summed E-state index contributed by atoms with van der Waals surface area (Å²) in [5, 5.41) is 8.32. The Hall–Kier alpha value is -0.125. The van der Waals surface area contributed by atoms with E-state index in [1.165, 1.54) is 0 Å². The Morgan fingerprint density at radius 1 is 1.58 bits per heavy atom. The van der Waals surface area contributed by atoms with Crippen molar-refractivity contribution in [3.63, 3.8) is 0 Å². The van der Waals surface area contributed by atoms with Gasteiger partial charge in [-0.1, -0.05) is 19.8 Å². The summed E-state index contributed by atoms with van der Waals surface area (Å²) in [4.78, 5) is 0. The van der Waals surface area contributed by atoms with Crippen LogP contribution in [0.3, 0.4) is 0 Å². The van der Waals surface area contributed by atoms with E-state index in [0.717, 1.165) is 19.3 Å². The van der Waals surface area contributed by atoms with Gasteiger partial charge in [-0.2, -0.15) is 0 Å². The summed E-state index contributed by atoms with van der Waals surface area (Å²) >= 11 is 0. The Balaban J connectivity index is 3.54. The molecule has 0 amide bonds. The zero-order valence-electron chi connectivity index (χ0n) is 7.50. The van der Waals surface area contributed by atoms with Crippen LogP contribution in [0.15, 0.2) is 0 Å². The van der Waals surface area contributed by atoms with Crippen molar-refractivity contribution < 1.29 is 14.0 Å². The molecule has 0 saturated carbocycles. The summed E-state index contributed by atoms with van der Waals surface area (Å²) in [5.41, 5.74) is 5.29. The van der Waals surface area contributed by atoms with E-state index in [2.05, 4.69) is 4.65 Å². The van der Waals surface area contributed by atoms with Crippen LogP contribution in [0.2, 0.25) is 0 Å². The zero-order valence-corrected chi connectivity index (χ0v) is 7.50. The molecule has 0 fully saturated rings. The summed E-state index contributed by atoms with van der Waals surface area (Å²) < 4.78 is 16.6. The topological polar surface area (TPSA) is 55.5 Å². The molecule has 3 N–H and O–H groups in total. The van der Waals surface area contributed by atoms with Crippen LogP contribution in [-0.2, 0) is 4.65 Å². The molecule has 3 nitrogen and oxygen atoms in total. The van der Waals surface area contributed by atoms with E-state index in [4.69, 9.17) is 10.8 Å². The first kappa shape index (κ1) is 11.9. The van der Waals surface area contributed by atoms with Crippen LogP contribution in [0.4, 0.5) is 4.32 Å². The molecule has 1 atom stereocenters. The fourth-order valence-corrected chi connectivity index (χ4v) is 1.06. The van der Waals surface area contributed by atoms with Crippen molar-refractivity contribution in [2.45, 2.75) is 38.7 Å². The third kappa shape index (κ3) is 6.58. The second-order valence-electron chi connectivity index (χ2n) is 2.77. The van der Waals surface area contributed by atoms with E-state index < -0.39 is 7.40 Å². The van der Waals surface area contributed by atoms with E-state index >= 15 is 0 Å². The highest BCUT2D eigenvalue weighted by molar-refractivity contribution is 6.33. The van der Waals surface area contributed by atoms with Crippen LogP contribution >= 0.6 is 0 Å². The van der Waals surface area contributed by atoms with Gasteiger partial charge in [0.2, 0.25) is 0 Å². The molecule has 0 radical (unpaired) electrons.